The van der Waals surface area contributed by atoms with E-state index < -0.39 is 0 Å². The van der Waals surface area contributed by atoms with Crippen LogP contribution >= 0.6 is 27.3 Å². The van der Waals surface area contributed by atoms with Crippen LogP contribution in [0.4, 0.5) is 0 Å². The summed E-state index contributed by atoms with van der Waals surface area (Å²) in [6, 6.07) is 8.13. The van der Waals surface area contributed by atoms with E-state index in [0.717, 1.165) is 26.4 Å². The molecule has 0 bridgehead atoms. The van der Waals surface area contributed by atoms with E-state index in [-0.39, 0.29) is 0 Å². The summed E-state index contributed by atoms with van der Waals surface area (Å²) in [5, 5.41) is 11.4. The van der Waals surface area contributed by atoms with E-state index in [1.165, 1.54) is 4.88 Å². The van der Waals surface area contributed by atoms with Crippen molar-refractivity contribution in [2.24, 2.45) is 0 Å². The van der Waals surface area contributed by atoms with E-state index in [2.05, 4.69) is 55.4 Å². The highest BCUT2D eigenvalue weighted by Gasteiger charge is 2.12. The van der Waals surface area contributed by atoms with Crippen molar-refractivity contribution in [1.82, 2.24) is 20.4 Å². The second-order valence-electron chi connectivity index (χ2n) is 3.79. The molecule has 6 heteroatoms. The minimum absolute atomic E-state index is 0.782. The van der Waals surface area contributed by atoms with Gasteiger partial charge in [-0.3, -0.25) is 0 Å². The van der Waals surface area contributed by atoms with Crippen LogP contribution in [0.2, 0.25) is 0 Å². The number of nitrogens with one attached hydrogen (secondary N) is 1. The maximum atomic E-state index is 4.64. The molecule has 0 saturated carbocycles. The topological polar surface area (TPSA) is 54.5 Å². The number of H-pyrrole nitrogens is 1. The molecule has 0 amide bonds. The van der Waals surface area contributed by atoms with Gasteiger partial charge in [0, 0.05) is 14.9 Å². The summed E-state index contributed by atoms with van der Waals surface area (Å²) >= 11 is 5.10. The van der Waals surface area contributed by atoms with Gasteiger partial charge in [0.2, 0.25) is 0 Å². The number of benzene rings is 1. The number of hydrogen-bond donors (Lipinski definition) is 1. The molecule has 4 nitrogen and oxygen atoms in total. The van der Waals surface area contributed by atoms with Crippen molar-refractivity contribution in [2.45, 2.75) is 6.92 Å². The molecule has 0 spiro atoms. The lowest BCUT2D eigenvalue weighted by Gasteiger charge is -1.98. The number of aromatic amines is 1. The molecule has 0 atom stereocenters. The Kier molecular flexibility index (Phi) is 2.97. The van der Waals surface area contributed by atoms with Crippen LogP contribution in [0, 0.1) is 6.92 Å². The molecular formula is C12H9BrN4S. The van der Waals surface area contributed by atoms with Crippen LogP contribution in [0.25, 0.3) is 22.0 Å². The first-order valence-electron chi connectivity index (χ1n) is 5.33. The number of thiazole rings is 1. The first kappa shape index (κ1) is 11.6. The van der Waals surface area contributed by atoms with Gasteiger partial charge < -0.3 is 0 Å². The molecule has 0 radical (unpaired) electrons. The van der Waals surface area contributed by atoms with Gasteiger partial charge in [-0.25, -0.2) is 4.98 Å². The summed E-state index contributed by atoms with van der Waals surface area (Å²) in [5.41, 5.74) is 2.89. The highest BCUT2D eigenvalue weighted by atomic mass is 79.9. The summed E-state index contributed by atoms with van der Waals surface area (Å²) in [5.74, 6) is 0. The third-order valence-corrected chi connectivity index (χ3v) is 4.02. The van der Waals surface area contributed by atoms with E-state index in [9.17, 15) is 0 Å². The van der Waals surface area contributed by atoms with Crippen LogP contribution in [0.1, 0.15) is 4.88 Å². The van der Waals surface area contributed by atoms with E-state index in [4.69, 9.17) is 0 Å². The van der Waals surface area contributed by atoms with E-state index in [1.807, 2.05) is 12.1 Å². The lowest BCUT2D eigenvalue weighted by molar-refractivity contribution is 0.942. The van der Waals surface area contributed by atoms with E-state index in [0.29, 0.717) is 0 Å². The minimum atomic E-state index is 0.782. The molecule has 0 fully saturated rings. The third kappa shape index (κ3) is 2.09. The smallest absolute Gasteiger partial charge is 0.146 e. The highest BCUT2D eigenvalue weighted by molar-refractivity contribution is 9.10. The Labute approximate surface area is 116 Å². The highest BCUT2D eigenvalue weighted by Crippen LogP contribution is 2.32. The summed E-state index contributed by atoms with van der Waals surface area (Å²) < 4.78 is 1.05. The minimum Gasteiger partial charge on any atom is -0.234 e. The predicted molar refractivity (Wildman–Crippen MR) is 75.4 cm³/mol. The number of rotatable bonds is 2. The monoisotopic (exact) mass is 320 g/mol. The maximum Gasteiger partial charge on any atom is 0.146 e. The Balaban J connectivity index is 2.09. The number of hydrogen-bond acceptors (Lipinski definition) is 4. The van der Waals surface area contributed by atoms with Crippen molar-refractivity contribution in [3.63, 3.8) is 0 Å². The zero-order valence-corrected chi connectivity index (χ0v) is 11.9. The maximum absolute atomic E-state index is 4.64. The van der Waals surface area contributed by atoms with E-state index in [1.54, 1.807) is 17.5 Å². The van der Waals surface area contributed by atoms with Crippen LogP contribution < -0.4 is 0 Å². The molecule has 1 aromatic carbocycles. The molecule has 2 heterocycles. The number of aromatic nitrogens is 4. The van der Waals surface area contributed by atoms with Crippen LogP contribution in [-0.4, -0.2) is 20.4 Å². The fourth-order valence-corrected chi connectivity index (χ4v) is 3.00. The van der Waals surface area contributed by atoms with Crippen LogP contribution in [0.3, 0.4) is 0 Å². The third-order valence-electron chi connectivity index (χ3n) is 2.53. The van der Waals surface area contributed by atoms with Gasteiger partial charge >= 0.3 is 0 Å². The summed E-state index contributed by atoms with van der Waals surface area (Å²) in [7, 11) is 0. The standard InChI is InChI=1S/C12H9BrN4S/c1-7-11(8-3-2-4-9(13)5-8)15-12(18-7)10-6-14-17-16-10/h2-6H,1H3,(H,14,16,17). The molecule has 0 aliphatic heterocycles. The van der Waals surface area contributed by atoms with Crippen molar-refractivity contribution in [3.05, 3.63) is 39.8 Å². The van der Waals surface area contributed by atoms with Crippen molar-refractivity contribution in [2.75, 3.05) is 0 Å². The summed E-state index contributed by atoms with van der Waals surface area (Å²) in [6.45, 7) is 2.07. The molecule has 0 aliphatic carbocycles. The largest absolute Gasteiger partial charge is 0.234 e. The normalized spacial score (nSPS) is 10.8. The van der Waals surface area contributed by atoms with Gasteiger partial charge in [-0.2, -0.15) is 15.4 Å². The average molecular weight is 321 g/mol. The quantitative estimate of drug-likeness (QED) is 0.783. The fraction of sp³-hybridized carbons (Fsp3) is 0.0833. The van der Waals surface area contributed by atoms with Gasteiger partial charge in [0.25, 0.3) is 0 Å². The first-order chi connectivity index (χ1) is 8.74. The molecule has 3 aromatic rings. The zero-order valence-electron chi connectivity index (χ0n) is 9.51. The summed E-state index contributed by atoms with van der Waals surface area (Å²) in [6.07, 6.45) is 1.68. The molecule has 2 aromatic heterocycles. The van der Waals surface area contributed by atoms with Crippen molar-refractivity contribution in [3.8, 4) is 22.0 Å². The summed E-state index contributed by atoms with van der Waals surface area (Å²) in [4.78, 5) is 5.81. The Morgan fingerprint density at radius 1 is 1.33 bits per heavy atom. The second-order valence-corrected chi connectivity index (χ2v) is 5.91. The Morgan fingerprint density at radius 3 is 2.94 bits per heavy atom. The predicted octanol–water partition coefficient (Wildman–Crippen LogP) is 3.67. The van der Waals surface area contributed by atoms with Crippen molar-refractivity contribution < 1.29 is 0 Å². The molecular weight excluding hydrogens is 312 g/mol. The first-order valence-corrected chi connectivity index (χ1v) is 6.94. The van der Waals surface area contributed by atoms with Crippen LogP contribution in [0.5, 0.6) is 0 Å². The fourth-order valence-electron chi connectivity index (χ4n) is 1.71. The zero-order chi connectivity index (χ0) is 12.5. The van der Waals surface area contributed by atoms with Crippen LogP contribution in [-0.2, 0) is 0 Å². The Morgan fingerprint density at radius 2 is 2.22 bits per heavy atom. The number of aryl methyl sites for hydroxylation is 1. The van der Waals surface area contributed by atoms with Gasteiger partial charge in [-0.15, -0.1) is 11.3 Å². The van der Waals surface area contributed by atoms with Crippen molar-refractivity contribution >= 4 is 27.3 Å². The molecule has 3 rings (SSSR count). The molecule has 90 valence electrons. The molecule has 18 heavy (non-hydrogen) atoms. The van der Waals surface area contributed by atoms with Gasteiger partial charge in [0.15, 0.2) is 0 Å². The van der Waals surface area contributed by atoms with Gasteiger partial charge in [-0.1, -0.05) is 28.1 Å². The molecule has 1 N–H and O–H groups in total. The van der Waals surface area contributed by atoms with Crippen LogP contribution in [0.15, 0.2) is 34.9 Å². The molecule has 0 saturated heterocycles. The van der Waals surface area contributed by atoms with Gasteiger partial charge in [-0.05, 0) is 19.1 Å². The Bertz CT molecular complexity index is 675. The van der Waals surface area contributed by atoms with E-state index >= 15 is 0 Å². The lowest BCUT2D eigenvalue weighted by Crippen LogP contribution is -1.81. The second kappa shape index (κ2) is 4.62. The number of halogens is 1. The molecule has 0 aliphatic rings. The molecule has 0 unspecified atom stereocenters. The number of nitrogens with zero attached hydrogens (tertiary/aromatic N) is 3. The van der Waals surface area contributed by atoms with Gasteiger partial charge in [0.05, 0.1) is 11.9 Å². The lowest BCUT2D eigenvalue weighted by atomic mass is 10.1. The average Bonchev–Trinajstić information content (AvgIpc) is 2.97. The van der Waals surface area contributed by atoms with Crippen molar-refractivity contribution in [1.29, 1.82) is 0 Å². The Hall–Kier alpha value is -1.53. The van der Waals surface area contributed by atoms with Gasteiger partial charge in [0.1, 0.15) is 10.7 Å². The SMILES string of the molecule is Cc1sc(-c2cn[nH]n2)nc1-c1cccc(Br)c1.